The van der Waals surface area contributed by atoms with Gasteiger partial charge in [-0.3, -0.25) is 0 Å². The molecule has 0 spiro atoms. The molecule has 3 nitrogen and oxygen atoms in total. The van der Waals surface area contributed by atoms with Crippen LogP contribution < -0.4 is 4.72 Å². The number of benzene rings is 1. The summed E-state index contributed by atoms with van der Waals surface area (Å²) in [7, 11) is -3.51. The van der Waals surface area contributed by atoms with Crippen LogP contribution >= 0.6 is 22.9 Å². The van der Waals surface area contributed by atoms with Crippen LogP contribution in [0.15, 0.2) is 39.9 Å². The zero-order valence-electron chi connectivity index (χ0n) is 9.06. The normalized spacial score (nSPS) is 11.7. The molecule has 1 N–H and O–H groups in total. The second-order valence-corrected chi connectivity index (χ2v) is 6.85. The zero-order valence-corrected chi connectivity index (χ0v) is 11.4. The van der Waals surface area contributed by atoms with Crippen LogP contribution in [-0.4, -0.2) is 8.42 Å². The van der Waals surface area contributed by atoms with Gasteiger partial charge in [-0.1, -0.05) is 23.7 Å². The van der Waals surface area contributed by atoms with Crippen LogP contribution in [0.25, 0.3) is 0 Å². The van der Waals surface area contributed by atoms with E-state index in [9.17, 15) is 12.8 Å². The van der Waals surface area contributed by atoms with Crippen LogP contribution in [0.5, 0.6) is 0 Å². The first kappa shape index (κ1) is 13.5. The van der Waals surface area contributed by atoms with Gasteiger partial charge in [-0.25, -0.2) is 17.5 Å². The molecule has 1 aromatic heterocycles. The molecular formula is C11H9ClFNO2S2. The van der Waals surface area contributed by atoms with E-state index >= 15 is 0 Å². The summed E-state index contributed by atoms with van der Waals surface area (Å²) < 4.78 is 39.2. The summed E-state index contributed by atoms with van der Waals surface area (Å²) in [6, 6.07) is 7.27. The lowest BCUT2D eigenvalue weighted by atomic mass is 10.2. The van der Waals surface area contributed by atoms with Gasteiger partial charge in [0.15, 0.2) is 0 Å². The van der Waals surface area contributed by atoms with Crippen molar-refractivity contribution < 1.29 is 12.8 Å². The zero-order chi connectivity index (χ0) is 13.2. The number of hydrogen-bond donors (Lipinski definition) is 1. The van der Waals surface area contributed by atoms with Crippen molar-refractivity contribution in [3.05, 3.63) is 52.1 Å². The average Bonchev–Trinajstić information content (AvgIpc) is 2.85. The molecule has 0 bridgehead atoms. The van der Waals surface area contributed by atoms with Gasteiger partial charge in [0.1, 0.15) is 10.0 Å². The monoisotopic (exact) mass is 305 g/mol. The smallest absolute Gasteiger partial charge is 0.206 e. The number of hydrogen-bond acceptors (Lipinski definition) is 3. The van der Waals surface area contributed by atoms with Gasteiger partial charge < -0.3 is 0 Å². The first-order valence-electron chi connectivity index (χ1n) is 4.96. The molecule has 0 radical (unpaired) electrons. The molecule has 0 aliphatic carbocycles. The van der Waals surface area contributed by atoms with Crippen LogP contribution in [0, 0.1) is 5.82 Å². The number of sulfonamides is 1. The van der Waals surface area contributed by atoms with Crippen molar-refractivity contribution in [1.82, 2.24) is 4.72 Å². The van der Waals surface area contributed by atoms with Crippen molar-refractivity contribution in [3.8, 4) is 0 Å². The lowest BCUT2D eigenvalue weighted by Gasteiger charge is -2.05. The highest BCUT2D eigenvalue weighted by Gasteiger charge is 2.14. The van der Waals surface area contributed by atoms with Crippen LogP contribution in [-0.2, 0) is 16.6 Å². The standard InChI is InChI=1S/C11H9ClFNO2S2/c12-9-6-8(3-4-10(9)13)7-14-18(15,16)11-2-1-5-17-11/h1-6,14H,7H2. The second kappa shape index (κ2) is 5.36. The molecule has 0 fully saturated rings. The summed E-state index contributed by atoms with van der Waals surface area (Å²) in [5.74, 6) is -0.526. The molecule has 2 rings (SSSR count). The topological polar surface area (TPSA) is 46.2 Å². The number of thiophene rings is 1. The summed E-state index contributed by atoms with van der Waals surface area (Å²) >= 11 is 6.75. The van der Waals surface area contributed by atoms with Gasteiger partial charge in [0.25, 0.3) is 0 Å². The van der Waals surface area contributed by atoms with Crippen molar-refractivity contribution >= 4 is 33.0 Å². The third kappa shape index (κ3) is 3.08. The first-order valence-corrected chi connectivity index (χ1v) is 7.70. The summed E-state index contributed by atoms with van der Waals surface area (Å²) in [5, 5.41) is 1.66. The van der Waals surface area contributed by atoms with E-state index in [1.54, 1.807) is 11.4 Å². The number of halogens is 2. The Morgan fingerprint density at radius 1 is 1.33 bits per heavy atom. The number of rotatable bonds is 4. The molecule has 0 saturated carbocycles. The van der Waals surface area contributed by atoms with Crippen molar-refractivity contribution in [1.29, 1.82) is 0 Å². The van der Waals surface area contributed by atoms with E-state index in [2.05, 4.69) is 4.72 Å². The fourth-order valence-electron chi connectivity index (χ4n) is 1.32. The van der Waals surface area contributed by atoms with E-state index in [4.69, 9.17) is 11.6 Å². The van der Waals surface area contributed by atoms with Crippen molar-refractivity contribution in [2.45, 2.75) is 10.8 Å². The van der Waals surface area contributed by atoms with Crippen LogP contribution in [0.4, 0.5) is 4.39 Å². The van der Waals surface area contributed by atoms with E-state index < -0.39 is 15.8 Å². The van der Waals surface area contributed by atoms with Crippen LogP contribution in [0.3, 0.4) is 0 Å². The molecule has 96 valence electrons. The van der Waals surface area contributed by atoms with Gasteiger partial charge in [0.05, 0.1) is 5.02 Å². The Morgan fingerprint density at radius 2 is 2.11 bits per heavy atom. The lowest BCUT2D eigenvalue weighted by molar-refractivity contribution is 0.583. The Kier molecular flexibility index (Phi) is 4.01. The maximum Gasteiger partial charge on any atom is 0.250 e. The second-order valence-electron chi connectivity index (χ2n) is 3.51. The minimum Gasteiger partial charge on any atom is -0.206 e. The Morgan fingerprint density at radius 3 is 2.72 bits per heavy atom. The Hall–Kier alpha value is -0.950. The third-order valence-electron chi connectivity index (χ3n) is 2.21. The minimum absolute atomic E-state index is 0.0252. The maximum atomic E-state index is 12.9. The molecule has 18 heavy (non-hydrogen) atoms. The molecule has 0 aliphatic heterocycles. The lowest BCUT2D eigenvalue weighted by Crippen LogP contribution is -2.22. The summed E-state index contributed by atoms with van der Waals surface area (Å²) in [5.41, 5.74) is 0.599. The van der Waals surface area contributed by atoms with Crippen LogP contribution in [0.2, 0.25) is 5.02 Å². The van der Waals surface area contributed by atoms with E-state index in [0.717, 1.165) is 11.3 Å². The van der Waals surface area contributed by atoms with E-state index in [0.29, 0.717) is 5.56 Å². The summed E-state index contributed by atoms with van der Waals surface area (Å²) in [6.45, 7) is 0.0697. The molecule has 0 saturated heterocycles. The van der Waals surface area contributed by atoms with Gasteiger partial charge in [-0.05, 0) is 29.1 Å². The fourth-order valence-corrected chi connectivity index (χ4v) is 3.57. The summed E-state index contributed by atoms with van der Waals surface area (Å²) in [4.78, 5) is 0. The molecule has 0 unspecified atom stereocenters. The third-order valence-corrected chi connectivity index (χ3v) is 5.30. The Balaban J connectivity index is 2.10. The van der Waals surface area contributed by atoms with E-state index in [-0.39, 0.29) is 15.8 Å². The molecule has 1 aromatic carbocycles. The number of nitrogens with one attached hydrogen (secondary N) is 1. The quantitative estimate of drug-likeness (QED) is 0.944. The molecule has 0 atom stereocenters. The Labute approximate surface area is 113 Å². The maximum absolute atomic E-state index is 12.9. The molecular weight excluding hydrogens is 297 g/mol. The summed E-state index contributed by atoms with van der Waals surface area (Å²) in [6.07, 6.45) is 0. The van der Waals surface area contributed by atoms with Gasteiger partial charge in [0, 0.05) is 6.54 Å². The molecule has 0 amide bonds. The highest BCUT2D eigenvalue weighted by molar-refractivity contribution is 7.91. The van der Waals surface area contributed by atoms with Gasteiger partial charge in [-0.15, -0.1) is 11.3 Å². The van der Waals surface area contributed by atoms with Crippen molar-refractivity contribution in [2.75, 3.05) is 0 Å². The van der Waals surface area contributed by atoms with Gasteiger partial charge in [-0.2, -0.15) is 0 Å². The SMILES string of the molecule is O=S(=O)(NCc1ccc(F)c(Cl)c1)c1cccs1. The average molecular weight is 306 g/mol. The van der Waals surface area contributed by atoms with Gasteiger partial charge >= 0.3 is 0 Å². The van der Waals surface area contributed by atoms with Crippen molar-refractivity contribution in [3.63, 3.8) is 0 Å². The van der Waals surface area contributed by atoms with Crippen molar-refractivity contribution in [2.24, 2.45) is 0 Å². The van der Waals surface area contributed by atoms with Crippen LogP contribution in [0.1, 0.15) is 5.56 Å². The Bertz CT molecular complexity index is 641. The largest absolute Gasteiger partial charge is 0.250 e. The predicted molar refractivity (Wildman–Crippen MR) is 69.8 cm³/mol. The minimum atomic E-state index is -3.51. The highest BCUT2D eigenvalue weighted by Crippen LogP contribution is 2.18. The van der Waals surface area contributed by atoms with Gasteiger partial charge in [0.2, 0.25) is 10.0 Å². The molecule has 0 aliphatic rings. The molecule has 7 heteroatoms. The fraction of sp³-hybridized carbons (Fsp3) is 0.0909. The first-order chi connectivity index (χ1) is 8.49. The molecule has 2 aromatic rings. The highest BCUT2D eigenvalue weighted by atomic mass is 35.5. The predicted octanol–water partition coefficient (Wildman–Crippen LogP) is 3.02. The molecule has 1 heterocycles. The van der Waals surface area contributed by atoms with E-state index in [1.165, 1.54) is 24.3 Å². The van der Waals surface area contributed by atoms with E-state index in [1.807, 2.05) is 0 Å².